The molecule has 0 aliphatic rings. The monoisotopic (exact) mass is 260 g/mol. The Labute approximate surface area is 114 Å². The number of imidazole rings is 1. The molecule has 0 aliphatic carbocycles. The van der Waals surface area contributed by atoms with Gasteiger partial charge in [-0.1, -0.05) is 43.7 Å². The summed E-state index contributed by atoms with van der Waals surface area (Å²) < 4.78 is 6.46. The average molecular weight is 260 g/mol. The van der Waals surface area contributed by atoms with Gasteiger partial charge in [-0.05, 0) is 6.92 Å². The zero-order chi connectivity index (χ0) is 14.4. The number of aromatic nitrogens is 2. The van der Waals surface area contributed by atoms with Crippen molar-refractivity contribution in [3.05, 3.63) is 41.7 Å². The van der Waals surface area contributed by atoms with E-state index in [2.05, 4.69) is 9.72 Å². The maximum Gasteiger partial charge on any atom is 0.358 e. The lowest BCUT2D eigenvalue weighted by Crippen LogP contribution is -2.00. The van der Waals surface area contributed by atoms with Crippen molar-refractivity contribution in [2.45, 2.75) is 20.8 Å². The van der Waals surface area contributed by atoms with Gasteiger partial charge in [-0.2, -0.15) is 0 Å². The van der Waals surface area contributed by atoms with Gasteiger partial charge in [0.25, 0.3) is 0 Å². The quantitative estimate of drug-likeness (QED) is 0.779. The van der Waals surface area contributed by atoms with Crippen LogP contribution in [0.1, 0.15) is 29.9 Å². The Hall–Kier alpha value is -2.10. The molecule has 0 saturated carbocycles. The lowest BCUT2D eigenvalue weighted by molar-refractivity contribution is 0.0594. The topological polar surface area (TPSA) is 44.1 Å². The molecule has 0 saturated heterocycles. The summed E-state index contributed by atoms with van der Waals surface area (Å²) in [6.45, 7) is 6.03. The number of esters is 1. The van der Waals surface area contributed by atoms with Crippen LogP contribution < -0.4 is 0 Å². The highest BCUT2D eigenvalue weighted by atomic mass is 16.5. The molecule has 1 aromatic carbocycles. The standard InChI is InChI=1S/C13H14N2O2.C2H6/c1-9-4-6-10(7-5-9)12-14-11(8-15(12)2)13(16)17-3;1-2/h4-8H,1-3H3;1-2H3. The summed E-state index contributed by atoms with van der Waals surface area (Å²) >= 11 is 0. The molecular weight excluding hydrogens is 240 g/mol. The van der Waals surface area contributed by atoms with Gasteiger partial charge in [0, 0.05) is 18.8 Å². The molecule has 4 nitrogen and oxygen atoms in total. The van der Waals surface area contributed by atoms with E-state index in [4.69, 9.17) is 0 Å². The maximum atomic E-state index is 11.4. The minimum Gasteiger partial charge on any atom is -0.464 e. The largest absolute Gasteiger partial charge is 0.464 e. The number of ether oxygens (including phenoxy) is 1. The van der Waals surface area contributed by atoms with E-state index >= 15 is 0 Å². The molecule has 2 rings (SSSR count). The van der Waals surface area contributed by atoms with Crippen LogP contribution in [0.2, 0.25) is 0 Å². The van der Waals surface area contributed by atoms with E-state index in [1.54, 1.807) is 6.20 Å². The van der Waals surface area contributed by atoms with E-state index in [1.165, 1.54) is 12.7 Å². The third-order valence-corrected chi connectivity index (χ3v) is 2.58. The molecule has 0 aliphatic heterocycles. The molecule has 0 N–H and O–H groups in total. The first-order chi connectivity index (χ1) is 9.11. The molecule has 1 aromatic heterocycles. The second-order valence-corrected chi connectivity index (χ2v) is 3.92. The molecule has 0 radical (unpaired) electrons. The third kappa shape index (κ3) is 3.44. The van der Waals surface area contributed by atoms with Crippen molar-refractivity contribution < 1.29 is 9.53 Å². The summed E-state index contributed by atoms with van der Waals surface area (Å²) in [6.07, 6.45) is 1.67. The highest BCUT2D eigenvalue weighted by Gasteiger charge is 2.13. The Bertz CT molecular complexity index is 542. The first kappa shape index (κ1) is 15.0. The molecule has 0 spiro atoms. The number of nitrogens with zero attached hydrogens (tertiary/aromatic N) is 2. The lowest BCUT2D eigenvalue weighted by atomic mass is 10.1. The number of methoxy groups -OCH3 is 1. The second kappa shape index (κ2) is 6.73. The molecule has 2 aromatic rings. The van der Waals surface area contributed by atoms with Crippen LogP contribution >= 0.6 is 0 Å². The fourth-order valence-electron chi connectivity index (χ4n) is 1.64. The van der Waals surface area contributed by atoms with Gasteiger partial charge < -0.3 is 9.30 Å². The zero-order valence-electron chi connectivity index (χ0n) is 12.1. The van der Waals surface area contributed by atoms with Gasteiger partial charge in [-0.3, -0.25) is 0 Å². The van der Waals surface area contributed by atoms with Crippen LogP contribution in [0.3, 0.4) is 0 Å². The van der Waals surface area contributed by atoms with Crippen molar-refractivity contribution in [3.8, 4) is 11.4 Å². The van der Waals surface area contributed by atoms with Crippen LogP contribution in [-0.2, 0) is 11.8 Å². The van der Waals surface area contributed by atoms with Crippen LogP contribution in [0.15, 0.2) is 30.5 Å². The predicted molar refractivity (Wildman–Crippen MR) is 76.1 cm³/mol. The average Bonchev–Trinajstić information content (AvgIpc) is 2.83. The molecule has 0 amide bonds. The molecule has 0 atom stereocenters. The first-order valence-corrected chi connectivity index (χ1v) is 6.30. The molecule has 1 heterocycles. The van der Waals surface area contributed by atoms with Crippen molar-refractivity contribution in [2.24, 2.45) is 7.05 Å². The summed E-state index contributed by atoms with van der Waals surface area (Å²) in [4.78, 5) is 15.6. The molecular formula is C15H20N2O2. The zero-order valence-corrected chi connectivity index (χ0v) is 12.1. The van der Waals surface area contributed by atoms with Gasteiger partial charge in [-0.15, -0.1) is 0 Å². The summed E-state index contributed by atoms with van der Waals surface area (Å²) in [5, 5.41) is 0. The fraction of sp³-hybridized carbons (Fsp3) is 0.333. The molecule has 0 bridgehead atoms. The number of hydrogen-bond donors (Lipinski definition) is 0. The Balaban J connectivity index is 0.000000861. The van der Waals surface area contributed by atoms with Gasteiger partial charge >= 0.3 is 5.97 Å². The first-order valence-electron chi connectivity index (χ1n) is 6.30. The van der Waals surface area contributed by atoms with Crippen LogP contribution in [0, 0.1) is 6.92 Å². The molecule has 0 fully saturated rings. The Morgan fingerprint density at radius 1 is 1.21 bits per heavy atom. The van der Waals surface area contributed by atoms with Gasteiger partial charge in [0.1, 0.15) is 5.82 Å². The van der Waals surface area contributed by atoms with Gasteiger partial charge in [0.15, 0.2) is 5.69 Å². The minimum atomic E-state index is -0.418. The molecule has 4 heteroatoms. The second-order valence-electron chi connectivity index (χ2n) is 3.92. The van der Waals surface area contributed by atoms with Crippen LogP contribution in [-0.4, -0.2) is 22.6 Å². The van der Waals surface area contributed by atoms with Crippen molar-refractivity contribution in [1.82, 2.24) is 9.55 Å². The summed E-state index contributed by atoms with van der Waals surface area (Å²) in [7, 11) is 3.21. The van der Waals surface area contributed by atoms with E-state index in [0.717, 1.165) is 11.4 Å². The Morgan fingerprint density at radius 2 is 1.79 bits per heavy atom. The summed E-state index contributed by atoms with van der Waals surface area (Å²) in [5.74, 6) is 0.337. The highest BCUT2D eigenvalue weighted by Crippen LogP contribution is 2.18. The van der Waals surface area contributed by atoms with Gasteiger partial charge in [-0.25, -0.2) is 9.78 Å². The lowest BCUT2D eigenvalue weighted by Gasteiger charge is -2.01. The SMILES string of the molecule is CC.COC(=O)c1cn(C)c(-c2ccc(C)cc2)n1. The normalized spacial score (nSPS) is 9.53. The maximum absolute atomic E-state index is 11.4. The summed E-state index contributed by atoms with van der Waals surface area (Å²) in [5.41, 5.74) is 2.50. The number of carbonyl (C=O) groups is 1. The van der Waals surface area contributed by atoms with Crippen LogP contribution in [0.25, 0.3) is 11.4 Å². The minimum absolute atomic E-state index is 0.325. The van der Waals surface area contributed by atoms with E-state index in [1.807, 2.05) is 56.7 Å². The van der Waals surface area contributed by atoms with Gasteiger partial charge in [0.2, 0.25) is 0 Å². The Morgan fingerprint density at radius 3 is 2.32 bits per heavy atom. The van der Waals surface area contributed by atoms with Crippen molar-refractivity contribution in [3.63, 3.8) is 0 Å². The van der Waals surface area contributed by atoms with Crippen molar-refractivity contribution in [2.75, 3.05) is 7.11 Å². The van der Waals surface area contributed by atoms with Gasteiger partial charge in [0.05, 0.1) is 7.11 Å². The smallest absolute Gasteiger partial charge is 0.358 e. The molecule has 0 unspecified atom stereocenters. The number of benzene rings is 1. The van der Waals surface area contributed by atoms with Crippen molar-refractivity contribution >= 4 is 5.97 Å². The number of rotatable bonds is 2. The number of aryl methyl sites for hydroxylation is 2. The van der Waals surface area contributed by atoms with E-state index in [0.29, 0.717) is 5.69 Å². The molecule has 102 valence electrons. The fourth-order valence-corrected chi connectivity index (χ4v) is 1.64. The van der Waals surface area contributed by atoms with Crippen molar-refractivity contribution in [1.29, 1.82) is 0 Å². The van der Waals surface area contributed by atoms with Crippen LogP contribution in [0.5, 0.6) is 0 Å². The third-order valence-electron chi connectivity index (χ3n) is 2.58. The summed E-state index contributed by atoms with van der Waals surface area (Å²) in [6, 6.07) is 8.00. The number of hydrogen-bond acceptors (Lipinski definition) is 3. The van der Waals surface area contributed by atoms with E-state index < -0.39 is 5.97 Å². The van der Waals surface area contributed by atoms with E-state index in [-0.39, 0.29) is 0 Å². The Kier molecular flexibility index (Phi) is 5.30. The van der Waals surface area contributed by atoms with E-state index in [9.17, 15) is 4.79 Å². The number of carbonyl (C=O) groups excluding carboxylic acids is 1. The van der Waals surface area contributed by atoms with Crippen LogP contribution in [0.4, 0.5) is 0 Å². The highest BCUT2D eigenvalue weighted by molar-refractivity contribution is 5.87. The predicted octanol–water partition coefficient (Wildman–Crippen LogP) is 3.21. The molecule has 19 heavy (non-hydrogen) atoms.